The predicted octanol–water partition coefficient (Wildman–Crippen LogP) is 3.74. The predicted molar refractivity (Wildman–Crippen MR) is 132 cm³/mol. The van der Waals surface area contributed by atoms with E-state index in [0.29, 0.717) is 22.7 Å². The van der Waals surface area contributed by atoms with E-state index >= 15 is 0 Å². The summed E-state index contributed by atoms with van der Waals surface area (Å²) in [5, 5.41) is -0.557. The van der Waals surface area contributed by atoms with Gasteiger partial charge < -0.3 is 15.2 Å². The highest BCUT2D eigenvalue weighted by Gasteiger charge is 2.40. The number of Topliss-reactive ketones (excluding diaryl/α,β-unsaturated/α-hetero) is 1. The van der Waals surface area contributed by atoms with Crippen LogP contribution < -0.4 is 15.4 Å². The van der Waals surface area contributed by atoms with Crippen LogP contribution in [0.25, 0.3) is 0 Å². The van der Waals surface area contributed by atoms with Crippen molar-refractivity contribution in [2.24, 2.45) is 0 Å². The Hall–Kier alpha value is -4.11. The van der Waals surface area contributed by atoms with E-state index in [1.54, 1.807) is 42.5 Å². The molecule has 0 saturated carbocycles. The number of nitrogen functional groups attached to an aromatic ring is 1. The lowest BCUT2D eigenvalue weighted by Crippen LogP contribution is -2.31. The molecule has 0 unspecified atom stereocenters. The summed E-state index contributed by atoms with van der Waals surface area (Å²) >= 11 is 1.29. The standard InChI is InChI=1S/C26H22N2O6S/c1-33-20-11-7-16(8-12-20)22(29)15-34-26(32)17-5-9-19(10-6-17)28-24(30)14-23(25(28)31)35-21-4-2-3-18(27)13-21/h2-13,23H,14-15,27H2,1H3/t23-/m1/s1. The van der Waals surface area contributed by atoms with Crippen molar-refractivity contribution in [2.75, 3.05) is 24.4 Å². The minimum absolute atomic E-state index is 0.0650. The van der Waals surface area contributed by atoms with E-state index in [0.717, 1.165) is 9.80 Å². The molecule has 9 heteroatoms. The lowest BCUT2D eigenvalue weighted by atomic mass is 10.1. The number of carbonyl (C=O) groups excluding carboxylic acids is 4. The van der Waals surface area contributed by atoms with Crippen LogP contribution in [-0.4, -0.2) is 42.5 Å². The van der Waals surface area contributed by atoms with Crippen molar-refractivity contribution in [1.29, 1.82) is 0 Å². The van der Waals surface area contributed by atoms with Gasteiger partial charge in [0.05, 0.1) is 23.6 Å². The number of carbonyl (C=O) groups is 4. The van der Waals surface area contributed by atoms with Crippen molar-refractivity contribution in [3.05, 3.63) is 83.9 Å². The first-order valence-electron chi connectivity index (χ1n) is 10.7. The lowest BCUT2D eigenvalue weighted by molar-refractivity contribution is -0.121. The molecule has 0 radical (unpaired) electrons. The van der Waals surface area contributed by atoms with E-state index in [1.807, 2.05) is 6.07 Å². The van der Waals surface area contributed by atoms with Gasteiger partial charge in [0.15, 0.2) is 12.4 Å². The Bertz CT molecular complexity index is 1270. The van der Waals surface area contributed by atoms with E-state index in [1.165, 1.54) is 43.1 Å². The number of esters is 1. The van der Waals surface area contributed by atoms with Gasteiger partial charge in [-0.25, -0.2) is 9.69 Å². The average Bonchev–Trinajstić information content (AvgIpc) is 3.14. The zero-order chi connectivity index (χ0) is 24.9. The molecule has 0 aliphatic carbocycles. The SMILES string of the molecule is COc1ccc(C(=O)COC(=O)c2ccc(N3C(=O)C[C@@H](Sc4cccc(N)c4)C3=O)cc2)cc1. The molecule has 35 heavy (non-hydrogen) atoms. The second-order valence-corrected chi connectivity index (χ2v) is 9.00. The number of hydrogen-bond donors (Lipinski definition) is 1. The summed E-state index contributed by atoms with van der Waals surface area (Å²) < 4.78 is 10.2. The van der Waals surface area contributed by atoms with E-state index in [4.69, 9.17) is 15.2 Å². The molecular weight excluding hydrogens is 468 g/mol. The van der Waals surface area contributed by atoms with Crippen molar-refractivity contribution in [1.82, 2.24) is 0 Å². The van der Waals surface area contributed by atoms with Crippen molar-refractivity contribution >= 4 is 46.7 Å². The largest absolute Gasteiger partial charge is 0.497 e. The second kappa shape index (κ2) is 10.4. The quantitative estimate of drug-likeness (QED) is 0.220. The zero-order valence-electron chi connectivity index (χ0n) is 18.8. The number of thioether (sulfide) groups is 1. The van der Waals surface area contributed by atoms with Gasteiger partial charge in [-0.15, -0.1) is 11.8 Å². The molecule has 1 heterocycles. The lowest BCUT2D eigenvalue weighted by Gasteiger charge is -2.15. The number of ether oxygens (including phenoxy) is 2. The molecule has 8 nitrogen and oxygen atoms in total. The Morgan fingerprint density at radius 3 is 2.34 bits per heavy atom. The summed E-state index contributed by atoms with van der Waals surface area (Å²) in [6.45, 7) is -0.418. The number of anilines is 2. The Morgan fingerprint density at radius 2 is 1.69 bits per heavy atom. The minimum Gasteiger partial charge on any atom is -0.497 e. The Balaban J connectivity index is 1.36. The number of nitrogens with zero attached hydrogens (tertiary/aromatic N) is 1. The molecule has 0 spiro atoms. The van der Waals surface area contributed by atoms with Crippen molar-refractivity contribution < 1.29 is 28.7 Å². The van der Waals surface area contributed by atoms with Gasteiger partial charge in [-0.2, -0.15) is 0 Å². The first-order chi connectivity index (χ1) is 16.9. The number of imide groups is 1. The first kappa shape index (κ1) is 24.0. The highest BCUT2D eigenvalue weighted by molar-refractivity contribution is 8.00. The Labute approximate surface area is 206 Å². The fraction of sp³-hybridized carbons (Fsp3) is 0.154. The molecule has 1 aliphatic rings. The zero-order valence-corrected chi connectivity index (χ0v) is 19.6. The van der Waals surface area contributed by atoms with Gasteiger partial charge in [0.1, 0.15) is 5.75 Å². The van der Waals surface area contributed by atoms with Crippen molar-refractivity contribution in [2.45, 2.75) is 16.6 Å². The van der Waals surface area contributed by atoms with Crippen LogP contribution in [0.3, 0.4) is 0 Å². The normalized spacial score (nSPS) is 15.2. The number of amides is 2. The number of methoxy groups -OCH3 is 1. The maximum absolute atomic E-state index is 12.9. The van der Waals surface area contributed by atoms with Gasteiger partial charge in [0.2, 0.25) is 11.8 Å². The molecule has 2 amide bonds. The van der Waals surface area contributed by atoms with Gasteiger partial charge in [0.25, 0.3) is 0 Å². The maximum atomic E-state index is 12.9. The van der Waals surface area contributed by atoms with E-state index in [9.17, 15) is 19.2 Å². The summed E-state index contributed by atoms with van der Waals surface area (Å²) in [6, 6.07) is 19.5. The van der Waals surface area contributed by atoms with Crippen LogP contribution in [0.15, 0.2) is 77.7 Å². The third-order valence-corrected chi connectivity index (χ3v) is 6.53. The summed E-state index contributed by atoms with van der Waals surface area (Å²) in [5.41, 5.74) is 7.33. The molecule has 1 aliphatic heterocycles. The molecule has 1 fully saturated rings. The molecule has 0 bridgehead atoms. The molecule has 2 N–H and O–H groups in total. The average molecular weight is 491 g/mol. The highest BCUT2D eigenvalue weighted by atomic mass is 32.2. The van der Waals surface area contributed by atoms with Crippen LogP contribution in [-0.2, 0) is 14.3 Å². The summed E-state index contributed by atoms with van der Waals surface area (Å²) in [6.07, 6.45) is 0.0650. The molecule has 3 aromatic carbocycles. The smallest absolute Gasteiger partial charge is 0.338 e. The number of hydrogen-bond acceptors (Lipinski definition) is 8. The van der Waals surface area contributed by atoms with E-state index in [2.05, 4.69) is 0 Å². The van der Waals surface area contributed by atoms with Crippen LogP contribution in [0.4, 0.5) is 11.4 Å². The van der Waals surface area contributed by atoms with E-state index < -0.39 is 17.8 Å². The van der Waals surface area contributed by atoms with Gasteiger partial charge in [-0.1, -0.05) is 6.07 Å². The molecule has 1 saturated heterocycles. The van der Waals surface area contributed by atoms with Crippen LogP contribution in [0.1, 0.15) is 27.1 Å². The second-order valence-electron chi connectivity index (χ2n) is 7.73. The highest BCUT2D eigenvalue weighted by Crippen LogP contribution is 2.34. The summed E-state index contributed by atoms with van der Waals surface area (Å²) in [7, 11) is 1.53. The van der Waals surface area contributed by atoms with Crippen LogP contribution in [0.2, 0.25) is 0 Å². The van der Waals surface area contributed by atoms with Crippen LogP contribution >= 0.6 is 11.8 Å². The minimum atomic E-state index is -0.687. The topological polar surface area (TPSA) is 116 Å². The van der Waals surface area contributed by atoms with Gasteiger partial charge in [0, 0.05) is 22.6 Å². The number of ketones is 1. The number of rotatable bonds is 8. The van der Waals surface area contributed by atoms with Crippen LogP contribution in [0.5, 0.6) is 5.75 Å². The Kier molecular flexibility index (Phi) is 7.17. The summed E-state index contributed by atoms with van der Waals surface area (Å²) in [4.78, 5) is 52.0. The van der Waals surface area contributed by atoms with Crippen molar-refractivity contribution in [3.8, 4) is 5.75 Å². The molecule has 1 atom stereocenters. The first-order valence-corrected chi connectivity index (χ1v) is 11.6. The molecule has 178 valence electrons. The Morgan fingerprint density at radius 1 is 1.00 bits per heavy atom. The molecular formula is C26H22N2O6S. The maximum Gasteiger partial charge on any atom is 0.338 e. The summed E-state index contributed by atoms with van der Waals surface area (Å²) in [5.74, 6) is -1.08. The molecule has 3 aromatic rings. The third kappa shape index (κ3) is 5.52. The fourth-order valence-electron chi connectivity index (χ4n) is 3.54. The van der Waals surface area contributed by atoms with Crippen LogP contribution in [0, 0.1) is 0 Å². The number of nitrogens with two attached hydrogens (primary N) is 1. The van der Waals surface area contributed by atoms with E-state index in [-0.39, 0.29) is 29.6 Å². The van der Waals surface area contributed by atoms with Gasteiger partial charge in [-0.05, 0) is 66.7 Å². The van der Waals surface area contributed by atoms with Crippen molar-refractivity contribution in [3.63, 3.8) is 0 Å². The monoisotopic (exact) mass is 490 g/mol. The number of benzene rings is 3. The molecule has 0 aromatic heterocycles. The third-order valence-electron chi connectivity index (χ3n) is 5.35. The van der Waals surface area contributed by atoms with Gasteiger partial charge in [-0.3, -0.25) is 14.4 Å². The fourth-order valence-corrected chi connectivity index (χ4v) is 4.66. The van der Waals surface area contributed by atoms with Gasteiger partial charge >= 0.3 is 5.97 Å². The molecule has 4 rings (SSSR count).